The first-order chi connectivity index (χ1) is 15.3. The molecule has 4 atom stereocenters. The number of phenols is 1. The third-order valence-corrected chi connectivity index (χ3v) is 8.57. The Morgan fingerprint density at radius 3 is 2.56 bits per heavy atom. The van der Waals surface area contributed by atoms with Gasteiger partial charge in [-0.1, -0.05) is 6.07 Å². The average molecular weight is 436 g/mol. The van der Waals surface area contributed by atoms with E-state index in [1.54, 1.807) is 6.07 Å². The quantitative estimate of drug-likeness (QED) is 0.523. The number of phenolic OH excluding ortho intramolecular Hbond substituents is 1. The molecule has 1 heterocycles. The van der Waals surface area contributed by atoms with Crippen molar-refractivity contribution in [3.8, 4) is 5.75 Å². The molecule has 5 heteroatoms. The Morgan fingerprint density at radius 1 is 1.09 bits per heavy atom. The van der Waals surface area contributed by atoms with E-state index in [4.69, 9.17) is 5.73 Å². The Kier molecular flexibility index (Phi) is 5.37. The molecular formula is C27H37N3O2. The molecule has 2 aromatic carbocycles. The van der Waals surface area contributed by atoms with E-state index in [1.807, 2.05) is 36.4 Å². The molecular weight excluding hydrogens is 398 g/mol. The number of nitrogens with two attached hydrogens (primary N) is 1. The van der Waals surface area contributed by atoms with Crippen molar-refractivity contribution in [2.24, 2.45) is 5.92 Å². The normalized spacial score (nSPS) is 33.0. The molecule has 32 heavy (non-hydrogen) atoms. The van der Waals surface area contributed by atoms with Gasteiger partial charge in [0.15, 0.2) is 0 Å². The van der Waals surface area contributed by atoms with Gasteiger partial charge in [-0.25, -0.2) is 0 Å². The van der Waals surface area contributed by atoms with Crippen LogP contribution in [0.3, 0.4) is 0 Å². The number of nitrogens with one attached hydrogen (secondary N) is 1. The maximum atomic E-state index is 12.4. The summed E-state index contributed by atoms with van der Waals surface area (Å²) in [5.41, 5.74) is 8.75. The lowest BCUT2D eigenvalue weighted by Gasteiger charge is -2.61. The van der Waals surface area contributed by atoms with E-state index in [2.05, 4.69) is 24.1 Å². The summed E-state index contributed by atoms with van der Waals surface area (Å²) in [4.78, 5) is 2.53. The minimum atomic E-state index is -0.821. The van der Waals surface area contributed by atoms with Crippen LogP contribution in [0.4, 0.5) is 11.4 Å². The topological polar surface area (TPSA) is 81.8 Å². The number of nitrogen functional groups attached to an aromatic ring is 1. The van der Waals surface area contributed by atoms with Crippen LogP contribution < -0.4 is 11.1 Å². The maximum absolute atomic E-state index is 12.4. The van der Waals surface area contributed by atoms with Crippen LogP contribution in [0.25, 0.3) is 0 Å². The molecule has 0 amide bonds. The molecule has 0 bridgehead atoms. The predicted octanol–water partition coefficient (Wildman–Crippen LogP) is 4.42. The SMILES string of the molecule is Cc1ccc(O)cc1C12CCN(CC3CC3)C(C)C1(O)CCC(Nc1ccc(N)cc1)C2. The largest absolute Gasteiger partial charge is 0.508 e. The van der Waals surface area contributed by atoms with Gasteiger partial charge in [-0.3, -0.25) is 4.90 Å². The van der Waals surface area contributed by atoms with Gasteiger partial charge >= 0.3 is 0 Å². The molecule has 0 radical (unpaired) electrons. The summed E-state index contributed by atoms with van der Waals surface area (Å²) in [5, 5.41) is 26.5. The van der Waals surface area contributed by atoms with E-state index in [-0.39, 0.29) is 23.2 Å². The van der Waals surface area contributed by atoms with Crippen molar-refractivity contribution in [1.29, 1.82) is 0 Å². The maximum Gasteiger partial charge on any atom is 0.115 e. The van der Waals surface area contributed by atoms with Gasteiger partial charge in [-0.2, -0.15) is 0 Å². The van der Waals surface area contributed by atoms with Gasteiger partial charge in [0, 0.05) is 35.4 Å². The second-order valence-electron chi connectivity index (χ2n) is 10.6. The van der Waals surface area contributed by atoms with Crippen LogP contribution in [0.15, 0.2) is 42.5 Å². The number of piperidine rings is 1. The molecule has 3 aliphatic rings. The molecule has 2 aliphatic carbocycles. The van der Waals surface area contributed by atoms with Crippen molar-refractivity contribution in [2.45, 2.75) is 75.5 Å². The number of nitrogens with zero attached hydrogens (tertiary/aromatic N) is 1. The monoisotopic (exact) mass is 435 g/mol. The highest BCUT2D eigenvalue weighted by molar-refractivity contribution is 5.52. The third kappa shape index (κ3) is 3.65. The molecule has 5 N–H and O–H groups in total. The minimum absolute atomic E-state index is 0.0936. The fourth-order valence-electron chi connectivity index (χ4n) is 6.51. The second-order valence-corrected chi connectivity index (χ2v) is 10.6. The molecule has 3 fully saturated rings. The van der Waals surface area contributed by atoms with E-state index in [9.17, 15) is 10.2 Å². The first-order valence-electron chi connectivity index (χ1n) is 12.2. The Hall–Kier alpha value is -2.24. The molecule has 0 spiro atoms. The van der Waals surface area contributed by atoms with E-state index in [0.29, 0.717) is 0 Å². The number of benzene rings is 2. The Labute approximate surface area is 191 Å². The minimum Gasteiger partial charge on any atom is -0.508 e. The lowest BCUT2D eigenvalue weighted by molar-refractivity contribution is -0.156. The van der Waals surface area contributed by atoms with Gasteiger partial charge in [0.1, 0.15) is 5.75 Å². The zero-order chi connectivity index (χ0) is 22.5. The zero-order valence-electron chi connectivity index (χ0n) is 19.3. The molecule has 2 saturated carbocycles. The summed E-state index contributed by atoms with van der Waals surface area (Å²) >= 11 is 0. The summed E-state index contributed by atoms with van der Waals surface area (Å²) in [6.45, 7) is 6.43. The summed E-state index contributed by atoms with van der Waals surface area (Å²) < 4.78 is 0. The van der Waals surface area contributed by atoms with E-state index in [1.165, 1.54) is 12.8 Å². The van der Waals surface area contributed by atoms with Crippen molar-refractivity contribution in [3.63, 3.8) is 0 Å². The fourth-order valence-corrected chi connectivity index (χ4v) is 6.51. The Bertz CT molecular complexity index is 973. The number of aliphatic hydroxyl groups is 1. The van der Waals surface area contributed by atoms with Crippen molar-refractivity contribution < 1.29 is 10.2 Å². The van der Waals surface area contributed by atoms with E-state index >= 15 is 0 Å². The van der Waals surface area contributed by atoms with Gasteiger partial charge in [-0.05, 0) is 112 Å². The smallest absolute Gasteiger partial charge is 0.115 e. The lowest BCUT2D eigenvalue weighted by Crippen LogP contribution is -2.70. The number of aryl methyl sites for hydroxylation is 1. The number of rotatable bonds is 5. The molecule has 172 valence electrons. The summed E-state index contributed by atoms with van der Waals surface area (Å²) in [6, 6.07) is 13.9. The number of likely N-dealkylation sites (tertiary alicyclic amines) is 1. The Morgan fingerprint density at radius 2 is 1.84 bits per heavy atom. The number of aromatic hydroxyl groups is 1. The van der Waals surface area contributed by atoms with Gasteiger partial charge in [0.25, 0.3) is 0 Å². The van der Waals surface area contributed by atoms with Crippen LogP contribution in [-0.4, -0.2) is 45.9 Å². The number of hydrogen-bond acceptors (Lipinski definition) is 5. The molecule has 1 aliphatic heterocycles. The van der Waals surface area contributed by atoms with Crippen molar-refractivity contribution in [1.82, 2.24) is 4.90 Å². The molecule has 5 nitrogen and oxygen atoms in total. The second kappa shape index (κ2) is 7.96. The standard InChI is InChI=1S/C27H37N3O2/c1-18-3-10-24(31)15-25(18)26-13-14-30(17-20-4-5-20)19(2)27(26,32)12-11-23(16-26)29-22-8-6-21(28)7-9-22/h3,6-10,15,19-20,23,29,31-32H,4-5,11-14,16-17,28H2,1-2H3. The van der Waals surface area contributed by atoms with Crippen LogP contribution in [-0.2, 0) is 5.41 Å². The molecule has 0 aromatic heterocycles. The number of fused-ring (bicyclic) bond motifs is 1. The summed E-state index contributed by atoms with van der Waals surface area (Å²) in [7, 11) is 0. The molecule has 2 aromatic rings. The molecule has 4 unspecified atom stereocenters. The van der Waals surface area contributed by atoms with Crippen molar-refractivity contribution >= 4 is 11.4 Å². The first-order valence-corrected chi connectivity index (χ1v) is 12.2. The molecule has 1 saturated heterocycles. The van der Waals surface area contributed by atoms with Gasteiger partial charge in [0.05, 0.1) is 5.60 Å². The van der Waals surface area contributed by atoms with Crippen LogP contribution in [0, 0.1) is 12.8 Å². The number of anilines is 2. The van der Waals surface area contributed by atoms with E-state index < -0.39 is 5.60 Å². The van der Waals surface area contributed by atoms with Crippen LogP contribution in [0.5, 0.6) is 5.75 Å². The van der Waals surface area contributed by atoms with Crippen LogP contribution in [0.2, 0.25) is 0 Å². The first kappa shape index (κ1) is 21.6. The molecule has 5 rings (SSSR count). The lowest BCUT2D eigenvalue weighted by atomic mass is 9.52. The van der Waals surface area contributed by atoms with Crippen molar-refractivity contribution in [2.75, 3.05) is 24.1 Å². The van der Waals surface area contributed by atoms with Crippen LogP contribution >= 0.6 is 0 Å². The predicted molar refractivity (Wildman–Crippen MR) is 130 cm³/mol. The average Bonchev–Trinajstić information content (AvgIpc) is 3.59. The Balaban J connectivity index is 1.51. The highest BCUT2D eigenvalue weighted by atomic mass is 16.3. The fraction of sp³-hybridized carbons (Fsp3) is 0.556. The number of hydrogen-bond donors (Lipinski definition) is 4. The van der Waals surface area contributed by atoms with E-state index in [0.717, 1.165) is 67.2 Å². The zero-order valence-corrected chi connectivity index (χ0v) is 19.3. The van der Waals surface area contributed by atoms with Gasteiger partial charge in [0.2, 0.25) is 0 Å². The summed E-state index contributed by atoms with van der Waals surface area (Å²) in [5.74, 6) is 1.09. The summed E-state index contributed by atoms with van der Waals surface area (Å²) in [6.07, 6.45) is 6.07. The highest BCUT2D eigenvalue weighted by Crippen LogP contribution is 2.55. The third-order valence-electron chi connectivity index (χ3n) is 8.57. The highest BCUT2D eigenvalue weighted by Gasteiger charge is 2.61. The van der Waals surface area contributed by atoms with Crippen molar-refractivity contribution in [3.05, 3.63) is 53.6 Å². The van der Waals surface area contributed by atoms with Crippen LogP contribution in [0.1, 0.15) is 56.6 Å². The van der Waals surface area contributed by atoms with Gasteiger partial charge < -0.3 is 21.3 Å². The van der Waals surface area contributed by atoms with Gasteiger partial charge in [-0.15, -0.1) is 0 Å².